The van der Waals surface area contributed by atoms with Crippen LogP contribution in [0.3, 0.4) is 0 Å². The van der Waals surface area contributed by atoms with Crippen LogP contribution < -0.4 is 16.6 Å². The molecule has 0 radical (unpaired) electrons. The Morgan fingerprint density at radius 3 is 2.79 bits per heavy atom. The first-order chi connectivity index (χ1) is 13.6. The molecule has 0 aliphatic carbocycles. The third-order valence-electron chi connectivity index (χ3n) is 4.48. The van der Waals surface area contributed by atoms with Gasteiger partial charge in [0.2, 0.25) is 0 Å². The second-order valence-corrected chi connectivity index (χ2v) is 7.62. The van der Waals surface area contributed by atoms with E-state index in [1.165, 1.54) is 21.8 Å². The summed E-state index contributed by atoms with van der Waals surface area (Å²) >= 11 is 1.66. The van der Waals surface area contributed by atoms with Gasteiger partial charge in [-0.1, -0.05) is 19.1 Å². The molecular weight excluding hydrogens is 372 g/mol. The van der Waals surface area contributed by atoms with Gasteiger partial charge in [0, 0.05) is 42.2 Å². The Hall–Kier alpha value is -2.80. The second kappa shape index (κ2) is 9.41. The summed E-state index contributed by atoms with van der Waals surface area (Å²) in [5.41, 5.74) is 3.71. The van der Waals surface area contributed by atoms with Gasteiger partial charge in [-0.05, 0) is 48.2 Å². The minimum absolute atomic E-state index is 0.309. The van der Waals surface area contributed by atoms with E-state index >= 15 is 0 Å². The summed E-state index contributed by atoms with van der Waals surface area (Å²) in [4.78, 5) is 31.5. The van der Waals surface area contributed by atoms with Crippen LogP contribution in [0.2, 0.25) is 0 Å². The number of aryl methyl sites for hydroxylation is 2. The zero-order valence-electron chi connectivity index (χ0n) is 16.1. The third kappa shape index (κ3) is 5.13. The van der Waals surface area contributed by atoms with Crippen LogP contribution in [0.25, 0.3) is 0 Å². The first kappa shape index (κ1) is 19.9. The molecule has 28 heavy (non-hydrogen) atoms. The molecule has 0 aliphatic rings. The molecule has 3 aromatic rings. The summed E-state index contributed by atoms with van der Waals surface area (Å²) in [6.45, 7) is 4.53. The highest BCUT2D eigenvalue weighted by Crippen LogP contribution is 2.18. The Morgan fingerprint density at radius 1 is 1.21 bits per heavy atom. The average Bonchev–Trinajstić information content (AvgIpc) is 2.69. The Labute approximate surface area is 168 Å². The van der Waals surface area contributed by atoms with Crippen molar-refractivity contribution in [1.82, 2.24) is 14.5 Å². The topological polar surface area (TPSA) is 79.8 Å². The number of benzene rings is 1. The van der Waals surface area contributed by atoms with Gasteiger partial charge < -0.3 is 5.32 Å². The van der Waals surface area contributed by atoms with E-state index in [1.54, 1.807) is 18.0 Å². The molecule has 0 saturated heterocycles. The summed E-state index contributed by atoms with van der Waals surface area (Å²) in [7, 11) is 0. The maximum Gasteiger partial charge on any atom is 0.329 e. The zero-order chi connectivity index (χ0) is 19.9. The van der Waals surface area contributed by atoms with E-state index < -0.39 is 5.69 Å². The maximum absolute atomic E-state index is 12.4. The second-order valence-electron chi connectivity index (χ2n) is 6.51. The van der Waals surface area contributed by atoms with E-state index in [1.807, 2.05) is 36.5 Å². The van der Waals surface area contributed by atoms with Crippen molar-refractivity contribution in [2.75, 3.05) is 11.1 Å². The van der Waals surface area contributed by atoms with Crippen molar-refractivity contribution in [3.8, 4) is 0 Å². The highest BCUT2D eigenvalue weighted by Gasteiger charge is 2.06. The number of pyridine rings is 1. The number of rotatable bonds is 8. The maximum atomic E-state index is 12.4. The van der Waals surface area contributed by atoms with Crippen LogP contribution in [0.5, 0.6) is 0 Å². The molecule has 1 aromatic carbocycles. The van der Waals surface area contributed by atoms with Crippen LogP contribution in [-0.4, -0.2) is 20.3 Å². The quantitative estimate of drug-likeness (QED) is 0.570. The number of thioether (sulfide) groups is 1. The Morgan fingerprint density at radius 2 is 2.07 bits per heavy atom. The molecule has 0 spiro atoms. The largest absolute Gasteiger partial charge is 0.342 e. The molecule has 7 heteroatoms. The van der Waals surface area contributed by atoms with Crippen LogP contribution >= 0.6 is 11.8 Å². The molecular formula is C21H24N4O2S. The van der Waals surface area contributed by atoms with E-state index in [0.29, 0.717) is 18.1 Å². The fraction of sp³-hybridized carbons (Fsp3) is 0.286. The summed E-state index contributed by atoms with van der Waals surface area (Å²) in [6.07, 6.45) is 4.49. The minimum atomic E-state index is -0.403. The molecule has 2 heterocycles. The van der Waals surface area contributed by atoms with E-state index in [9.17, 15) is 9.59 Å². The predicted octanol–water partition coefficient (Wildman–Crippen LogP) is 3.48. The van der Waals surface area contributed by atoms with Gasteiger partial charge in [-0.2, -0.15) is 11.8 Å². The van der Waals surface area contributed by atoms with Gasteiger partial charge in [0.15, 0.2) is 0 Å². The Kier molecular flexibility index (Phi) is 6.71. The zero-order valence-corrected chi connectivity index (χ0v) is 16.9. The fourth-order valence-electron chi connectivity index (χ4n) is 2.91. The highest BCUT2D eigenvalue weighted by atomic mass is 32.2. The number of hydrogen-bond donors (Lipinski definition) is 2. The van der Waals surface area contributed by atoms with Crippen molar-refractivity contribution in [2.45, 2.75) is 32.6 Å². The van der Waals surface area contributed by atoms with Crippen LogP contribution in [0, 0.1) is 6.92 Å². The fourth-order valence-corrected chi connectivity index (χ4v) is 3.78. The van der Waals surface area contributed by atoms with Crippen molar-refractivity contribution in [3.63, 3.8) is 0 Å². The van der Waals surface area contributed by atoms with E-state index in [4.69, 9.17) is 0 Å². The number of hydrogen-bond acceptors (Lipinski definition) is 5. The van der Waals surface area contributed by atoms with E-state index in [0.717, 1.165) is 23.4 Å². The van der Waals surface area contributed by atoms with E-state index in [2.05, 4.69) is 29.1 Å². The van der Waals surface area contributed by atoms with Crippen molar-refractivity contribution >= 4 is 23.3 Å². The standard InChI is InChI=1S/C21H24N4O2S/c1-3-17-11-18(7-6-15(17)2)23-19-12-20(26)25(21(27)24-19)9-10-28-14-16-5-4-8-22-13-16/h4-8,11-13,23H,3,9-10,14H2,1-2H3,(H,24,27). The molecule has 0 saturated carbocycles. The molecule has 2 aromatic heterocycles. The van der Waals surface area contributed by atoms with Crippen molar-refractivity contribution in [3.05, 3.63) is 86.3 Å². The number of H-pyrrole nitrogens is 1. The predicted molar refractivity (Wildman–Crippen MR) is 116 cm³/mol. The first-order valence-corrected chi connectivity index (χ1v) is 10.4. The molecule has 2 N–H and O–H groups in total. The Balaban J connectivity index is 1.64. The van der Waals surface area contributed by atoms with Crippen LogP contribution in [-0.2, 0) is 18.7 Å². The number of aromatic nitrogens is 3. The summed E-state index contributed by atoms with van der Waals surface area (Å²) in [6, 6.07) is 11.3. The van der Waals surface area contributed by atoms with Crippen LogP contribution in [0.4, 0.5) is 11.5 Å². The summed E-state index contributed by atoms with van der Waals surface area (Å²) in [5, 5.41) is 3.12. The lowest BCUT2D eigenvalue weighted by Crippen LogP contribution is -2.35. The lowest BCUT2D eigenvalue weighted by molar-refractivity contribution is 0.681. The van der Waals surface area contributed by atoms with Crippen molar-refractivity contribution in [1.29, 1.82) is 0 Å². The first-order valence-electron chi connectivity index (χ1n) is 9.24. The molecule has 0 unspecified atom stereocenters. The lowest BCUT2D eigenvalue weighted by atomic mass is 10.1. The SMILES string of the molecule is CCc1cc(Nc2cc(=O)n(CCSCc3cccnc3)c(=O)[nH]2)ccc1C. The molecule has 6 nitrogen and oxygen atoms in total. The van der Waals surface area contributed by atoms with Crippen molar-refractivity contribution < 1.29 is 0 Å². The molecule has 0 aliphatic heterocycles. The van der Waals surface area contributed by atoms with Gasteiger partial charge in [-0.3, -0.25) is 19.3 Å². The van der Waals surface area contributed by atoms with Crippen LogP contribution in [0.1, 0.15) is 23.6 Å². The van der Waals surface area contributed by atoms with E-state index in [-0.39, 0.29) is 5.56 Å². The van der Waals surface area contributed by atoms with Gasteiger partial charge in [0.1, 0.15) is 5.82 Å². The van der Waals surface area contributed by atoms with Gasteiger partial charge in [0.25, 0.3) is 5.56 Å². The number of nitrogens with one attached hydrogen (secondary N) is 2. The smallest absolute Gasteiger partial charge is 0.329 e. The lowest BCUT2D eigenvalue weighted by Gasteiger charge is -2.11. The minimum Gasteiger partial charge on any atom is -0.342 e. The summed E-state index contributed by atoms with van der Waals surface area (Å²) in [5.74, 6) is 1.87. The van der Waals surface area contributed by atoms with Gasteiger partial charge in [-0.15, -0.1) is 0 Å². The Bertz CT molecular complexity index is 1010. The molecule has 0 atom stereocenters. The molecule has 0 bridgehead atoms. The number of nitrogens with zero attached hydrogens (tertiary/aromatic N) is 2. The molecule has 146 valence electrons. The summed E-state index contributed by atoms with van der Waals surface area (Å²) < 4.78 is 1.23. The van der Waals surface area contributed by atoms with Gasteiger partial charge in [0.05, 0.1) is 0 Å². The van der Waals surface area contributed by atoms with Crippen LogP contribution in [0.15, 0.2) is 58.4 Å². The van der Waals surface area contributed by atoms with Gasteiger partial charge >= 0.3 is 5.69 Å². The third-order valence-corrected chi connectivity index (χ3v) is 5.49. The molecule has 0 amide bonds. The number of aromatic amines is 1. The average molecular weight is 397 g/mol. The molecule has 3 rings (SSSR count). The monoisotopic (exact) mass is 396 g/mol. The van der Waals surface area contributed by atoms with Gasteiger partial charge in [-0.25, -0.2) is 4.79 Å². The normalized spacial score (nSPS) is 10.8. The van der Waals surface area contributed by atoms with Crippen molar-refractivity contribution in [2.24, 2.45) is 0 Å². The number of anilines is 2. The highest BCUT2D eigenvalue weighted by molar-refractivity contribution is 7.98. The molecule has 0 fully saturated rings.